The van der Waals surface area contributed by atoms with E-state index >= 15 is 0 Å². The Morgan fingerprint density at radius 2 is 2.00 bits per heavy atom. The molecule has 0 bridgehead atoms. The van der Waals surface area contributed by atoms with Crippen LogP contribution in [0.4, 0.5) is 0 Å². The molecule has 0 spiro atoms. The fraction of sp³-hybridized carbons (Fsp3) is 1.00. The summed E-state index contributed by atoms with van der Waals surface area (Å²) in [5, 5.41) is 3.47. The quantitative estimate of drug-likeness (QED) is 0.661. The number of rotatable bonds is 8. The first-order chi connectivity index (χ1) is 8.24. The predicted octanol–water partition coefficient (Wildman–Crippen LogP) is 2.27. The maximum Gasteiger partial charge on any atom is 0.0480 e. The Bertz CT molecular complexity index is 181. The van der Waals surface area contributed by atoms with Gasteiger partial charge in [0.1, 0.15) is 0 Å². The van der Waals surface area contributed by atoms with Crippen LogP contribution in [-0.2, 0) is 4.74 Å². The van der Waals surface area contributed by atoms with Crippen LogP contribution < -0.4 is 5.32 Å². The first-order valence-electron chi connectivity index (χ1n) is 7.25. The Labute approximate surface area is 107 Å². The summed E-state index contributed by atoms with van der Waals surface area (Å²) in [6.45, 7) is 8.69. The lowest BCUT2D eigenvalue weighted by atomic mass is 10.1. The molecule has 1 N–H and O–H groups in total. The first-order valence-corrected chi connectivity index (χ1v) is 7.25. The highest BCUT2D eigenvalue weighted by molar-refractivity contribution is 4.72. The van der Waals surface area contributed by atoms with E-state index in [0.717, 1.165) is 25.8 Å². The van der Waals surface area contributed by atoms with Crippen molar-refractivity contribution in [1.82, 2.24) is 10.2 Å². The zero-order chi connectivity index (χ0) is 12.5. The van der Waals surface area contributed by atoms with Crippen LogP contribution in [0.1, 0.15) is 46.0 Å². The van der Waals surface area contributed by atoms with E-state index in [1.807, 2.05) is 0 Å². The Kier molecular flexibility index (Phi) is 7.82. The summed E-state index contributed by atoms with van der Waals surface area (Å²) in [4.78, 5) is 2.53. The third kappa shape index (κ3) is 6.39. The average molecular weight is 242 g/mol. The van der Waals surface area contributed by atoms with Gasteiger partial charge in [0.2, 0.25) is 0 Å². The average Bonchev–Trinajstić information content (AvgIpc) is 2.36. The molecule has 102 valence electrons. The van der Waals surface area contributed by atoms with Crippen LogP contribution in [0, 0.1) is 0 Å². The van der Waals surface area contributed by atoms with Crippen molar-refractivity contribution in [3.8, 4) is 0 Å². The van der Waals surface area contributed by atoms with Crippen LogP contribution in [0.15, 0.2) is 0 Å². The summed E-state index contributed by atoms with van der Waals surface area (Å²) in [5.41, 5.74) is 0. The second kappa shape index (κ2) is 8.90. The minimum atomic E-state index is 0.674. The van der Waals surface area contributed by atoms with Gasteiger partial charge in [-0.25, -0.2) is 0 Å². The molecule has 1 heterocycles. The van der Waals surface area contributed by atoms with Crippen LogP contribution >= 0.6 is 0 Å². The van der Waals surface area contributed by atoms with Crippen molar-refractivity contribution in [3.05, 3.63) is 0 Å². The number of ether oxygens (including phenoxy) is 1. The van der Waals surface area contributed by atoms with E-state index in [2.05, 4.69) is 31.1 Å². The maximum atomic E-state index is 5.40. The summed E-state index contributed by atoms with van der Waals surface area (Å²) in [5.74, 6) is 0. The molecule has 1 atom stereocenters. The van der Waals surface area contributed by atoms with Crippen molar-refractivity contribution < 1.29 is 4.74 Å². The normalized spacial score (nSPS) is 19.8. The van der Waals surface area contributed by atoms with Gasteiger partial charge >= 0.3 is 0 Å². The summed E-state index contributed by atoms with van der Waals surface area (Å²) in [6.07, 6.45) is 6.38. The molecular formula is C14H30N2O. The van der Waals surface area contributed by atoms with Crippen molar-refractivity contribution in [2.45, 2.75) is 58.0 Å². The highest BCUT2D eigenvalue weighted by Crippen LogP contribution is 2.13. The predicted molar refractivity (Wildman–Crippen MR) is 73.5 cm³/mol. The minimum Gasteiger partial charge on any atom is -0.381 e. The molecule has 1 saturated heterocycles. The van der Waals surface area contributed by atoms with Gasteiger partial charge in [0.05, 0.1) is 0 Å². The molecule has 1 unspecified atom stereocenters. The summed E-state index contributed by atoms with van der Waals surface area (Å²) >= 11 is 0. The molecule has 0 saturated carbocycles. The molecular weight excluding hydrogens is 212 g/mol. The van der Waals surface area contributed by atoms with Crippen molar-refractivity contribution in [2.75, 3.05) is 33.4 Å². The molecule has 0 aliphatic carbocycles. The molecule has 17 heavy (non-hydrogen) atoms. The van der Waals surface area contributed by atoms with Gasteiger partial charge in [-0.15, -0.1) is 0 Å². The zero-order valence-corrected chi connectivity index (χ0v) is 11.9. The third-order valence-electron chi connectivity index (χ3n) is 3.76. The van der Waals surface area contributed by atoms with Crippen molar-refractivity contribution in [1.29, 1.82) is 0 Å². The Balaban J connectivity index is 2.01. The molecule has 0 radical (unpaired) electrons. The number of hydrogen-bond acceptors (Lipinski definition) is 3. The van der Waals surface area contributed by atoms with Gasteiger partial charge < -0.3 is 15.0 Å². The smallest absolute Gasteiger partial charge is 0.0480 e. The molecule has 3 heteroatoms. The first kappa shape index (κ1) is 14.9. The monoisotopic (exact) mass is 242 g/mol. The highest BCUT2D eigenvalue weighted by atomic mass is 16.5. The van der Waals surface area contributed by atoms with Crippen LogP contribution in [0.5, 0.6) is 0 Å². The molecule has 1 fully saturated rings. The lowest BCUT2D eigenvalue weighted by Gasteiger charge is -2.31. The Hall–Kier alpha value is -0.120. The number of nitrogens with one attached hydrogen (secondary N) is 1. The van der Waals surface area contributed by atoms with Crippen molar-refractivity contribution in [3.63, 3.8) is 0 Å². The number of hydrogen-bond donors (Lipinski definition) is 1. The van der Waals surface area contributed by atoms with Crippen LogP contribution in [0.2, 0.25) is 0 Å². The maximum absolute atomic E-state index is 5.40. The van der Waals surface area contributed by atoms with Crippen LogP contribution in [0.3, 0.4) is 0 Å². The fourth-order valence-electron chi connectivity index (χ4n) is 2.57. The van der Waals surface area contributed by atoms with E-state index in [-0.39, 0.29) is 0 Å². The van der Waals surface area contributed by atoms with Gasteiger partial charge in [-0.05, 0) is 52.7 Å². The molecule has 1 aliphatic heterocycles. The lowest BCUT2D eigenvalue weighted by Crippen LogP contribution is -2.37. The topological polar surface area (TPSA) is 24.5 Å². The van der Waals surface area contributed by atoms with Crippen LogP contribution in [-0.4, -0.2) is 50.3 Å². The lowest BCUT2D eigenvalue weighted by molar-refractivity contribution is 0.0425. The zero-order valence-electron chi connectivity index (χ0n) is 11.9. The van der Waals surface area contributed by atoms with Gasteiger partial charge in [0.25, 0.3) is 0 Å². The molecule has 0 aromatic carbocycles. The van der Waals surface area contributed by atoms with Crippen molar-refractivity contribution in [2.24, 2.45) is 0 Å². The molecule has 3 nitrogen and oxygen atoms in total. The van der Waals surface area contributed by atoms with E-state index < -0.39 is 0 Å². The summed E-state index contributed by atoms with van der Waals surface area (Å²) in [6, 6.07) is 1.43. The van der Waals surface area contributed by atoms with Gasteiger partial charge in [-0.3, -0.25) is 0 Å². The fourth-order valence-corrected chi connectivity index (χ4v) is 2.57. The number of unbranched alkanes of at least 4 members (excludes halogenated alkanes) is 1. The SMILES string of the molecule is CCNC(C)CCCCN(C)C1CCOCC1. The summed E-state index contributed by atoms with van der Waals surface area (Å²) < 4.78 is 5.40. The van der Waals surface area contributed by atoms with E-state index in [1.54, 1.807) is 0 Å². The van der Waals surface area contributed by atoms with Gasteiger partial charge in [-0.1, -0.05) is 13.3 Å². The second-order valence-electron chi connectivity index (χ2n) is 5.28. The highest BCUT2D eigenvalue weighted by Gasteiger charge is 2.17. The third-order valence-corrected chi connectivity index (χ3v) is 3.76. The van der Waals surface area contributed by atoms with E-state index in [0.29, 0.717) is 6.04 Å². The largest absolute Gasteiger partial charge is 0.381 e. The van der Waals surface area contributed by atoms with Gasteiger partial charge in [0.15, 0.2) is 0 Å². The molecule has 1 aliphatic rings. The van der Waals surface area contributed by atoms with Gasteiger partial charge in [-0.2, -0.15) is 0 Å². The summed E-state index contributed by atoms with van der Waals surface area (Å²) in [7, 11) is 2.27. The second-order valence-corrected chi connectivity index (χ2v) is 5.28. The standard InChI is InChI=1S/C14H30N2O/c1-4-15-13(2)7-5-6-10-16(3)14-8-11-17-12-9-14/h13-15H,4-12H2,1-3H3. The molecule has 1 rings (SSSR count). The molecule has 0 amide bonds. The number of nitrogens with zero attached hydrogens (tertiary/aromatic N) is 1. The van der Waals surface area contributed by atoms with Crippen molar-refractivity contribution >= 4 is 0 Å². The molecule has 0 aromatic heterocycles. The van der Waals surface area contributed by atoms with Gasteiger partial charge in [0, 0.05) is 25.3 Å². The van der Waals surface area contributed by atoms with E-state index in [1.165, 1.54) is 38.6 Å². The van der Waals surface area contributed by atoms with Crippen LogP contribution in [0.25, 0.3) is 0 Å². The minimum absolute atomic E-state index is 0.674. The Morgan fingerprint density at radius 3 is 2.65 bits per heavy atom. The van der Waals surface area contributed by atoms with E-state index in [9.17, 15) is 0 Å². The molecule has 0 aromatic rings. The Morgan fingerprint density at radius 1 is 1.29 bits per heavy atom. The van der Waals surface area contributed by atoms with E-state index in [4.69, 9.17) is 4.74 Å².